The Morgan fingerprint density at radius 3 is 2.63 bits per heavy atom. The first-order chi connectivity index (χ1) is 14.4. The zero-order valence-corrected chi connectivity index (χ0v) is 18.1. The molecule has 0 N–H and O–H groups in total. The average Bonchev–Trinajstić information content (AvgIpc) is 3.08. The van der Waals surface area contributed by atoms with Crippen molar-refractivity contribution in [3.05, 3.63) is 59.3 Å². The van der Waals surface area contributed by atoms with Gasteiger partial charge in [0.25, 0.3) is 0 Å². The number of hydrogen-bond acceptors (Lipinski definition) is 4. The molecule has 0 aliphatic heterocycles. The Labute approximate surface area is 176 Å². The van der Waals surface area contributed by atoms with Gasteiger partial charge in [0.15, 0.2) is 5.65 Å². The molecule has 0 saturated heterocycles. The number of fused-ring (bicyclic) bond motifs is 2. The van der Waals surface area contributed by atoms with Crippen LogP contribution < -0.4 is 9.64 Å². The maximum Gasteiger partial charge on any atom is 0.242 e. The normalized spacial score (nSPS) is 11.2. The Kier molecular flexibility index (Phi) is 5.16. The van der Waals surface area contributed by atoms with E-state index in [1.54, 1.807) is 16.7 Å². The van der Waals surface area contributed by atoms with Crippen LogP contribution in [0.5, 0.6) is 5.88 Å². The van der Waals surface area contributed by atoms with Crippen molar-refractivity contribution in [3.8, 4) is 5.88 Å². The van der Waals surface area contributed by atoms with E-state index in [-0.39, 0.29) is 5.91 Å². The van der Waals surface area contributed by atoms with E-state index < -0.39 is 0 Å². The standard InChI is InChI=1S/C24H26N4O2/c1-15-18(16(2)25-23-22(15)24(30-5)26-28(23)4)13-14-21(29)27(3)20-12-8-10-17-9-6-7-11-19(17)20/h6-12H,13-14H2,1-5H3. The Balaban J connectivity index is 1.61. The molecule has 2 heterocycles. The fourth-order valence-electron chi connectivity index (χ4n) is 4.14. The molecule has 0 fully saturated rings. The summed E-state index contributed by atoms with van der Waals surface area (Å²) in [5.41, 5.74) is 4.79. The highest BCUT2D eigenvalue weighted by molar-refractivity contribution is 6.03. The summed E-state index contributed by atoms with van der Waals surface area (Å²) in [6, 6.07) is 14.2. The minimum Gasteiger partial charge on any atom is -0.479 e. The molecule has 0 atom stereocenters. The van der Waals surface area contributed by atoms with Gasteiger partial charge in [0.1, 0.15) is 0 Å². The molecule has 0 spiro atoms. The van der Waals surface area contributed by atoms with Crippen LogP contribution in [-0.4, -0.2) is 34.8 Å². The van der Waals surface area contributed by atoms with Crippen molar-refractivity contribution < 1.29 is 9.53 Å². The molecular formula is C24H26N4O2. The van der Waals surface area contributed by atoms with Gasteiger partial charge in [-0.2, -0.15) is 0 Å². The van der Waals surface area contributed by atoms with Gasteiger partial charge in [-0.1, -0.05) is 36.4 Å². The fraction of sp³-hybridized carbons (Fsp3) is 0.292. The molecule has 4 rings (SSSR count). The van der Waals surface area contributed by atoms with E-state index >= 15 is 0 Å². The Morgan fingerprint density at radius 2 is 1.87 bits per heavy atom. The van der Waals surface area contributed by atoms with Gasteiger partial charge in [-0.15, -0.1) is 5.10 Å². The van der Waals surface area contributed by atoms with Crippen LogP contribution in [0.1, 0.15) is 23.2 Å². The van der Waals surface area contributed by atoms with Crippen LogP contribution in [0.25, 0.3) is 21.8 Å². The molecule has 30 heavy (non-hydrogen) atoms. The molecule has 154 valence electrons. The first-order valence-electron chi connectivity index (χ1n) is 10.0. The minimum absolute atomic E-state index is 0.0726. The summed E-state index contributed by atoms with van der Waals surface area (Å²) in [5, 5.41) is 7.51. The molecule has 0 saturated carbocycles. The third-order valence-electron chi connectivity index (χ3n) is 5.81. The number of aryl methyl sites for hydroxylation is 3. The lowest BCUT2D eigenvalue weighted by atomic mass is 9.99. The van der Waals surface area contributed by atoms with E-state index in [0.29, 0.717) is 18.7 Å². The van der Waals surface area contributed by atoms with Crippen molar-refractivity contribution >= 4 is 33.4 Å². The van der Waals surface area contributed by atoms with E-state index in [1.807, 2.05) is 45.3 Å². The van der Waals surface area contributed by atoms with Crippen LogP contribution in [0.4, 0.5) is 5.69 Å². The summed E-state index contributed by atoms with van der Waals surface area (Å²) in [6.07, 6.45) is 1.02. The predicted molar refractivity (Wildman–Crippen MR) is 120 cm³/mol. The topological polar surface area (TPSA) is 60.2 Å². The summed E-state index contributed by atoms with van der Waals surface area (Å²) in [6.45, 7) is 4.04. The number of ether oxygens (including phenoxy) is 1. The molecule has 6 nitrogen and oxygen atoms in total. The maximum absolute atomic E-state index is 13.0. The summed E-state index contributed by atoms with van der Waals surface area (Å²) in [7, 11) is 5.32. The summed E-state index contributed by atoms with van der Waals surface area (Å²) in [5.74, 6) is 0.640. The minimum atomic E-state index is 0.0726. The van der Waals surface area contributed by atoms with Gasteiger partial charge in [0.2, 0.25) is 11.8 Å². The van der Waals surface area contributed by atoms with Gasteiger partial charge in [0.05, 0.1) is 18.2 Å². The third-order valence-corrected chi connectivity index (χ3v) is 5.81. The van der Waals surface area contributed by atoms with Gasteiger partial charge in [0, 0.05) is 31.6 Å². The zero-order valence-electron chi connectivity index (χ0n) is 18.1. The summed E-state index contributed by atoms with van der Waals surface area (Å²) < 4.78 is 7.17. The highest BCUT2D eigenvalue weighted by atomic mass is 16.5. The Hall–Kier alpha value is -3.41. The number of amides is 1. The second-order valence-electron chi connectivity index (χ2n) is 7.58. The number of carbonyl (C=O) groups is 1. The lowest BCUT2D eigenvalue weighted by Crippen LogP contribution is -2.26. The molecule has 2 aromatic heterocycles. The Morgan fingerprint density at radius 1 is 1.13 bits per heavy atom. The number of carbonyl (C=O) groups excluding carboxylic acids is 1. The third kappa shape index (κ3) is 3.28. The smallest absolute Gasteiger partial charge is 0.242 e. The van der Waals surface area contributed by atoms with E-state index in [4.69, 9.17) is 9.72 Å². The summed E-state index contributed by atoms with van der Waals surface area (Å²) >= 11 is 0. The number of methoxy groups -OCH3 is 1. The molecule has 6 heteroatoms. The first kappa shape index (κ1) is 19.9. The molecule has 1 amide bonds. The van der Waals surface area contributed by atoms with E-state index in [2.05, 4.69) is 30.2 Å². The molecule has 2 aromatic carbocycles. The van der Waals surface area contributed by atoms with Crippen LogP contribution in [-0.2, 0) is 18.3 Å². The number of hydrogen-bond donors (Lipinski definition) is 0. The van der Waals surface area contributed by atoms with Gasteiger partial charge >= 0.3 is 0 Å². The first-order valence-corrected chi connectivity index (χ1v) is 10.0. The van der Waals surface area contributed by atoms with Gasteiger partial charge in [-0.3, -0.25) is 4.79 Å². The Bertz CT molecular complexity index is 1250. The second kappa shape index (κ2) is 7.78. The van der Waals surface area contributed by atoms with Crippen LogP contribution in [0, 0.1) is 13.8 Å². The largest absolute Gasteiger partial charge is 0.479 e. The van der Waals surface area contributed by atoms with E-state index in [9.17, 15) is 4.79 Å². The monoisotopic (exact) mass is 402 g/mol. The van der Waals surface area contributed by atoms with Crippen molar-refractivity contribution in [2.45, 2.75) is 26.7 Å². The predicted octanol–water partition coefficient (Wildman–Crippen LogP) is 4.34. The lowest BCUT2D eigenvalue weighted by molar-refractivity contribution is -0.118. The number of rotatable bonds is 5. The van der Waals surface area contributed by atoms with Crippen LogP contribution in [0.15, 0.2) is 42.5 Å². The van der Waals surface area contributed by atoms with Crippen molar-refractivity contribution in [2.75, 3.05) is 19.1 Å². The van der Waals surface area contributed by atoms with E-state index in [0.717, 1.165) is 44.3 Å². The number of pyridine rings is 1. The molecule has 0 unspecified atom stereocenters. The molecule has 0 aliphatic carbocycles. The average molecular weight is 402 g/mol. The quantitative estimate of drug-likeness (QED) is 0.498. The van der Waals surface area contributed by atoms with Crippen LogP contribution >= 0.6 is 0 Å². The van der Waals surface area contributed by atoms with Crippen molar-refractivity contribution in [1.29, 1.82) is 0 Å². The zero-order chi connectivity index (χ0) is 21.4. The van der Waals surface area contributed by atoms with E-state index in [1.165, 1.54) is 0 Å². The van der Waals surface area contributed by atoms with Crippen LogP contribution in [0.2, 0.25) is 0 Å². The van der Waals surface area contributed by atoms with Crippen LogP contribution in [0.3, 0.4) is 0 Å². The maximum atomic E-state index is 13.0. The lowest BCUT2D eigenvalue weighted by Gasteiger charge is -2.20. The molecule has 0 aliphatic rings. The fourth-order valence-corrected chi connectivity index (χ4v) is 4.14. The summed E-state index contributed by atoms with van der Waals surface area (Å²) in [4.78, 5) is 19.5. The van der Waals surface area contributed by atoms with Crippen molar-refractivity contribution in [3.63, 3.8) is 0 Å². The number of aromatic nitrogens is 3. The number of anilines is 1. The number of nitrogens with zero attached hydrogens (tertiary/aromatic N) is 4. The van der Waals surface area contributed by atoms with Gasteiger partial charge < -0.3 is 9.64 Å². The highest BCUT2D eigenvalue weighted by Crippen LogP contribution is 2.31. The molecule has 0 radical (unpaired) electrons. The highest BCUT2D eigenvalue weighted by Gasteiger charge is 2.20. The van der Waals surface area contributed by atoms with Gasteiger partial charge in [-0.25, -0.2) is 9.67 Å². The second-order valence-corrected chi connectivity index (χ2v) is 7.58. The SMILES string of the molecule is COc1nn(C)c2nc(C)c(CCC(=O)N(C)c3cccc4ccccc34)c(C)c12. The molecular weight excluding hydrogens is 376 g/mol. The van der Waals surface area contributed by atoms with Crippen molar-refractivity contribution in [2.24, 2.45) is 7.05 Å². The number of benzene rings is 2. The van der Waals surface area contributed by atoms with Crippen molar-refractivity contribution in [1.82, 2.24) is 14.8 Å². The molecule has 0 bridgehead atoms. The van der Waals surface area contributed by atoms with Gasteiger partial charge in [-0.05, 0) is 42.8 Å². The molecule has 4 aromatic rings.